The Balaban J connectivity index is 2.33. The summed E-state index contributed by atoms with van der Waals surface area (Å²) in [6.07, 6.45) is 4.50. The summed E-state index contributed by atoms with van der Waals surface area (Å²) >= 11 is 0. The number of fused-ring (bicyclic) bond motifs is 5. The van der Waals surface area contributed by atoms with Gasteiger partial charge in [-0.25, -0.2) is 9.71 Å². The lowest BCUT2D eigenvalue weighted by molar-refractivity contribution is -0.547. The van der Waals surface area contributed by atoms with E-state index in [4.69, 9.17) is 0 Å². The maximum Gasteiger partial charge on any atom is 0.299 e. The van der Waals surface area contributed by atoms with Crippen LogP contribution < -0.4 is 4.73 Å². The molecule has 3 aromatic heterocycles. The SMILES string of the molecule is [O-][n+]1c2cncnc2n2ccc3cc(O)c(O)cc3c21. The zero-order valence-corrected chi connectivity index (χ0v) is 10.1. The van der Waals surface area contributed by atoms with Crippen molar-refractivity contribution in [1.82, 2.24) is 14.4 Å². The topological polar surface area (TPSA) is 97.6 Å². The third kappa shape index (κ3) is 1.21. The average molecular weight is 268 g/mol. The quantitative estimate of drug-likeness (QED) is 0.282. The predicted molar refractivity (Wildman–Crippen MR) is 70.3 cm³/mol. The van der Waals surface area contributed by atoms with Gasteiger partial charge in [-0.3, -0.25) is 0 Å². The van der Waals surface area contributed by atoms with Gasteiger partial charge in [-0.05, 0) is 23.6 Å². The van der Waals surface area contributed by atoms with E-state index in [1.54, 1.807) is 16.7 Å². The van der Waals surface area contributed by atoms with E-state index in [9.17, 15) is 15.4 Å². The van der Waals surface area contributed by atoms with Gasteiger partial charge in [-0.15, -0.1) is 0 Å². The summed E-state index contributed by atoms with van der Waals surface area (Å²) < 4.78 is 2.34. The molecule has 7 nitrogen and oxygen atoms in total. The second kappa shape index (κ2) is 3.47. The lowest BCUT2D eigenvalue weighted by atomic mass is 10.1. The van der Waals surface area contributed by atoms with E-state index in [1.165, 1.54) is 24.7 Å². The summed E-state index contributed by atoms with van der Waals surface area (Å²) in [5, 5.41) is 32.7. The molecule has 0 aliphatic heterocycles. The molecule has 98 valence electrons. The van der Waals surface area contributed by atoms with Gasteiger partial charge in [0, 0.05) is 0 Å². The van der Waals surface area contributed by atoms with Crippen LogP contribution >= 0.6 is 0 Å². The molecule has 4 rings (SSSR count). The van der Waals surface area contributed by atoms with Gasteiger partial charge in [-0.1, -0.05) is 0 Å². The molecular formula is C13H8N4O3. The lowest BCUT2D eigenvalue weighted by Gasteiger charge is -2.03. The van der Waals surface area contributed by atoms with Crippen molar-refractivity contribution in [2.45, 2.75) is 0 Å². The molecule has 4 aromatic rings. The second-order valence-electron chi connectivity index (χ2n) is 4.46. The van der Waals surface area contributed by atoms with Crippen LogP contribution in [-0.2, 0) is 0 Å². The number of nitrogens with zero attached hydrogens (tertiary/aromatic N) is 4. The summed E-state index contributed by atoms with van der Waals surface area (Å²) in [7, 11) is 0. The summed E-state index contributed by atoms with van der Waals surface area (Å²) in [5.41, 5.74) is 1.15. The molecule has 0 saturated carbocycles. The molecule has 0 aliphatic carbocycles. The minimum absolute atomic E-state index is 0.227. The van der Waals surface area contributed by atoms with Crippen molar-refractivity contribution in [2.24, 2.45) is 0 Å². The Kier molecular flexibility index (Phi) is 1.88. The van der Waals surface area contributed by atoms with Crippen molar-refractivity contribution < 1.29 is 14.9 Å². The molecule has 0 saturated heterocycles. The minimum atomic E-state index is -0.276. The summed E-state index contributed by atoms with van der Waals surface area (Å²) in [5.74, 6) is -0.503. The van der Waals surface area contributed by atoms with Crippen LogP contribution in [0.25, 0.3) is 27.6 Å². The average Bonchev–Trinajstić information content (AvgIpc) is 2.75. The maximum atomic E-state index is 12.4. The molecule has 0 bridgehead atoms. The Hall–Kier alpha value is -3.09. The van der Waals surface area contributed by atoms with Crippen molar-refractivity contribution in [3.05, 3.63) is 42.1 Å². The largest absolute Gasteiger partial charge is 0.710 e. The van der Waals surface area contributed by atoms with Gasteiger partial charge >= 0.3 is 0 Å². The van der Waals surface area contributed by atoms with Crippen LogP contribution in [0.2, 0.25) is 0 Å². The number of hydrogen-bond acceptors (Lipinski definition) is 5. The zero-order chi connectivity index (χ0) is 13.9. The number of rotatable bonds is 0. The molecule has 2 N–H and O–H groups in total. The number of phenols is 2. The molecule has 20 heavy (non-hydrogen) atoms. The highest BCUT2D eigenvalue weighted by Gasteiger charge is 2.19. The summed E-state index contributed by atoms with van der Waals surface area (Å²) in [6.45, 7) is 0. The Morgan fingerprint density at radius 1 is 1.20 bits per heavy atom. The Bertz CT molecular complexity index is 993. The maximum absolute atomic E-state index is 12.4. The van der Waals surface area contributed by atoms with E-state index in [2.05, 4.69) is 9.97 Å². The van der Waals surface area contributed by atoms with E-state index in [-0.39, 0.29) is 11.5 Å². The van der Waals surface area contributed by atoms with Gasteiger partial charge in [0.2, 0.25) is 5.52 Å². The van der Waals surface area contributed by atoms with Crippen LogP contribution in [0.5, 0.6) is 11.5 Å². The van der Waals surface area contributed by atoms with Gasteiger partial charge in [0.05, 0.1) is 17.8 Å². The van der Waals surface area contributed by atoms with Crippen molar-refractivity contribution >= 4 is 27.6 Å². The molecule has 7 heteroatoms. The highest BCUT2D eigenvalue weighted by molar-refractivity contribution is 5.96. The first-order valence-corrected chi connectivity index (χ1v) is 5.85. The second-order valence-corrected chi connectivity index (χ2v) is 4.46. The van der Waals surface area contributed by atoms with Gasteiger partial charge in [0.1, 0.15) is 6.33 Å². The predicted octanol–water partition coefficient (Wildman–Crippen LogP) is 1.08. The van der Waals surface area contributed by atoms with Crippen molar-refractivity contribution in [2.75, 3.05) is 0 Å². The zero-order valence-electron chi connectivity index (χ0n) is 10.1. The van der Waals surface area contributed by atoms with Crippen LogP contribution in [0.4, 0.5) is 0 Å². The third-order valence-electron chi connectivity index (χ3n) is 3.33. The molecule has 0 unspecified atom stereocenters. The summed E-state index contributed by atoms with van der Waals surface area (Å²) in [6, 6.07) is 4.51. The van der Waals surface area contributed by atoms with E-state index in [0.717, 1.165) is 0 Å². The fourth-order valence-corrected chi connectivity index (χ4v) is 2.42. The Labute approximate surface area is 111 Å². The monoisotopic (exact) mass is 268 g/mol. The van der Waals surface area contributed by atoms with Gasteiger partial charge in [-0.2, -0.15) is 9.38 Å². The number of aromatic nitrogens is 4. The van der Waals surface area contributed by atoms with Crippen molar-refractivity contribution in [3.8, 4) is 11.5 Å². The van der Waals surface area contributed by atoms with Crippen molar-refractivity contribution in [1.29, 1.82) is 0 Å². The smallest absolute Gasteiger partial charge is 0.299 e. The van der Waals surface area contributed by atoms with Crippen LogP contribution in [0, 0.1) is 5.21 Å². The normalized spacial score (nSPS) is 11.6. The van der Waals surface area contributed by atoms with Gasteiger partial charge < -0.3 is 15.4 Å². The van der Waals surface area contributed by atoms with Crippen LogP contribution in [0.3, 0.4) is 0 Å². The number of phenolic OH excluding ortho intramolecular Hbond substituents is 2. The highest BCUT2D eigenvalue weighted by atomic mass is 16.5. The first-order valence-electron chi connectivity index (χ1n) is 5.85. The van der Waals surface area contributed by atoms with Crippen molar-refractivity contribution in [3.63, 3.8) is 0 Å². The van der Waals surface area contributed by atoms with E-state index in [1.807, 2.05) is 0 Å². The number of imidazole rings is 1. The fourth-order valence-electron chi connectivity index (χ4n) is 2.42. The number of benzene rings is 1. The van der Waals surface area contributed by atoms with Crippen LogP contribution in [-0.4, -0.2) is 24.6 Å². The lowest BCUT2D eigenvalue weighted by Crippen LogP contribution is -2.25. The molecule has 0 spiro atoms. The van der Waals surface area contributed by atoms with Crippen LogP contribution in [0.1, 0.15) is 0 Å². The first-order chi connectivity index (χ1) is 9.66. The number of pyridine rings is 1. The standard InChI is InChI=1S/C13H8N4O3/c18-10-3-7-1-2-16-12-9(5-14-6-15-12)17(20)13(16)8(7)4-11(10)19/h1-6,18-19H. The van der Waals surface area contributed by atoms with Crippen LogP contribution in [0.15, 0.2) is 36.9 Å². The number of hydrogen-bond donors (Lipinski definition) is 2. The Morgan fingerprint density at radius 2 is 2.00 bits per heavy atom. The molecule has 0 radical (unpaired) electrons. The summed E-state index contributed by atoms with van der Waals surface area (Å²) in [4.78, 5) is 7.94. The Morgan fingerprint density at radius 3 is 2.85 bits per heavy atom. The highest BCUT2D eigenvalue weighted by Crippen LogP contribution is 2.32. The van der Waals surface area contributed by atoms with E-state index >= 15 is 0 Å². The van der Waals surface area contributed by atoms with E-state index in [0.29, 0.717) is 32.3 Å². The molecule has 0 fully saturated rings. The number of aromatic hydroxyl groups is 2. The molecular weight excluding hydrogens is 260 g/mol. The minimum Gasteiger partial charge on any atom is -0.710 e. The fraction of sp³-hybridized carbons (Fsp3) is 0. The van der Waals surface area contributed by atoms with Gasteiger partial charge in [0.25, 0.3) is 11.3 Å². The molecule has 0 amide bonds. The first kappa shape index (κ1) is 10.8. The van der Waals surface area contributed by atoms with Gasteiger partial charge in [0.15, 0.2) is 11.5 Å². The molecule has 1 aromatic carbocycles. The third-order valence-corrected chi connectivity index (χ3v) is 3.33. The molecule has 0 atom stereocenters. The molecule has 3 heterocycles. The van der Waals surface area contributed by atoms with E-state index < -0.39 is 0 Å². The molecule has 0 aliphatic rings.